The van der Waals surface area contributed by atoms with E-state index >= 15 is 0 Å². The zero-order valence-corrected chi connectivity index (χ0v) is 10.8. The topological polar surface area (TPSA) is 39.4 Å². The van der Waals surface area contributed by atoms with Crippen molar-refractivity contribution < 1.29 is 27.1 Å². The molecule has 0 aliphatic heterocycles. The fraction of sp³-hybridized carbons (Fsp3) is 0.357. The average Bonchev–Trinajstić information content (AvgIpc) is 2.76. The van der Waals surface area contributed by atoms with Crippen LogP contribution in [-0.2, 0) is 4.74 Å². The van der Waals surface area contributed by atoms with E-state index in [0.717, 1.165) is 10.9 Å². The van der Waals surface area contributed by atoms with Crippen LogP contribution in [0.3, 0.4) is 0 Å². The van der Waals surface area contributed by atoms with Crippen LogP contribution >= 0.6 is 0 Å². The zero-order valence-electron chi connectivity index (χ0n) is 10.8. The maximum Gasteiger partial charge on any atom is 0.411 e. The van der Waals surface area contributed by atoms with Crippen LogP contribution in [-0.4, -0.2) is 25.2 Å². The minimum Gasteiger partial charge on any atom is -0.453 e. The van der Waals surface area contributed by atoms with E-state index in [1.165, 1.54) is 0 Å². The normalized spacial score (nSPS) is 12.0. The van der Waals surface area contributed by atoms with Crippen LogP contribution in [0.25, 0.3) is 11.0 Å². The molecule has 0 unspecified atom stereocenters. The van der Waals surface area contributed by atoms with E-state index in [1.54, 1.807) is 12.1 Å². The molecule has 6 heteroatoms. The van der Waals surface area contributed by atoms with Crippen molar-refractivity contribution in [3.05, 3.63) is 35.6 Å². The number of fused-ring (bicyclic) bond motifs is 1. The third-order valence-corrected chi connectivity index (χ3v) is 2.69. The van der Waals surface area contributed by atoms with Gasteiger partial charge < -0.3 is 9.15 Å². The van der Waals surface area contributed by atoms with Crippen molar-refractivity contribution >= 4 is 16.8 Å². The second-order valence-corrected chi connectivity index (χ2v) is 4.49. The molecule has 0 spiro atoms. The van der Waals surface area contributed by atoms with Crippen molar-refractivity contribution in [2.24, 2.45) is 0 Å². The van der Waals surface area contributed by atoms with Gasteiger partial charge in [-0.25, -0.2) is 0 Å². The third-order valence-electron chi connectivity index (χ3n) is 2.69. The smallest absolute Gasteiger partial charge is 0.411 e. The van der Waals surface area contributed by atoms with Crippen LogP contribution in [0, 0.1) is 6.92 Å². The molecule has 1 aromatic carbocycles. The number of carbonyl (C=O) groups excluding carboxylic acids is 1. The third kappa shape index (κ3) is 3.84. The summed E-state index contributed by atoms with van der Waals surface area (Å²) < 4.78 is 45.3. The summed E-state index contributed by atoms with van der Waals surface area (Å²) in [5.74, 6) is -0.234. The lowest BCUT2D eigenvalue weighted by atomic mass is 10.1. The van der Waals surface area contributed by atoms with Gasteiger partial charge in [0.1, 0.15) is 12.2 Å². The predicted octanol–water partition coefficient (Wildman–Crippen LogP) is 3.89. The highest BCUT2D eigenvalue weighted by Crippen LogP contribution is 2.21. The molecule has 2 aromatic rings. The predicted molar refractivity (Wildman–Crippen MR) is 66.8 cm³/mol. The van der Waals surface area contributed by atoms with E-state index in [9.17, 15) is 18.0 Å². The number of halogens is 3. The molecule has 0 saturated heterocycles. The summed E-state index contributed by atoms with van der Waals surface area (Å²) in [4.78, 5) is 11.8. The molecule has 0 radical (unpaired) electrons. The molecule has 2 rings (SSSR count). The Kier molecular flexibility index (Phi) is 4.13. The highest BCUT2D eigenvalue weighted by atomic mass is 19.4. The van der Waals surface area contributed by atoms with Gasteiger partial charge in [-0.05, 0) is 25.1 Å². The minimum absolute atomic E-state index is 0.140. The minimum atomic E-state index is -4.38. The second kappa shape index (κ2) is 5.66. The van der Waals surface area contributed by atoms with Gasteiger partial charge in [0.15, 0.2) is 11.5 Å². The first-order valence-electron chi connectivity index (χ1n) is 6.03. The largest absolute Gasteiger partial charge is 0.453 e. The molecule has 0 atom stereocenters. The Morgan fingerprint density at radius 2 is 2.05 bits per heavy atom. The number of furan rings is 1. The summed E-state index contributed by atoms with van der Waals surface area (Å²) in [6.07, 6.45) is -4.52. The number of rotatable bonds is 5. The highest BCUT2D eigenvalue weighted by molar-refractivity contribution is 5.97. The van der Waals surface area contributed by atoms with Crippen molar-refractivity contribution in [3.63, 3.8) is 0 Å². The number of benzene rings is 1. The standard InChI is InChI=1S/C14H13F3O3/c1-9-2-3-12-10(6-9)7-13(20-12)11(18)4-5-19-8-14(15,16)17/h2-3,6-7H,4-5,8H2,1H3. The fourth-order valence-electron chi connectivity index (χ4n) is 1.78. The molecule has 1 aromatic heterocycles. The van der Waals surface area contributed by atoms with Crippen LogP contribution < -0.4 is 0 Å². The second-order valence-electron chi connectivity index (χ2n) is 4.49. The number of hydrogen-bond donors (Lipinski definition) is 0. The summed E-state index contributed by atoms with van der Waals surface area (Å²) in [6, 6.07) is 7.07. The summed E-state index contributed by atoms with van der Waals surface area (Å²) in [7, 11) is 0. The highest BCUT2D eigenvalue weighted by Gasteiger charge is 2.27. The van der Waals surface area contributed by atoms with Crippen LogP contribution in [0.15, 0.2) is 28.7 Å². The van der Waals surface area contributed by atoms with Crippen molar-refractivity contribution in [2.75, 3.05) is 13.2 Å². The summed E-state index contributed by atoms with van der Waals surface area (Å²) in [5, 5.41) is 0.796. The van der Waals surface area contributed by atoms with Gasteiger partial charge in [-0.2, -0.15) is 13.2 Å². The lowest BCUT2D eigenvalue weighted by Gasteiger charge is -2.06. The van der Waals surface area contributed by atoms with Crippen LogP contribution in [0.2, 0.25) is 0 Å². The van der Waals surface area contributed by atoms with E-state index in [4.69, 9.17) is 4.42 Å². The Hall–Kier alpha value is -1.82. The summed E-state index contributed by atoms with van der Waals surface area (Å²) in [5.41, 5.74) is 1.61. The van der Waals surface area contributed by atoms with Gasteiger partial charge >= 0.3 is 6.18 Å². The first-order valence-corrected chi connectivity index (χ1v) is 6.03. The molecule has 0 amide bonds. The van der Waals surface area contributed by atoms with E-state index in [1.807, 2.05) is 19.1 Å². The van der Waals surface area contributed by atoms with E-state index < -0.39 is 12.8 Å². The molecule has 0 N–H and O–H groups in total. The lowest BCUT2D eigenvalue weighted by Crippen LogP contribution is -2.18. The Morgan fingerprint density at radius 1 is 1.30 bits per heavy atom. The number of hydrogen-bond acceptors (Lipinski definition) is 3. The fourth-order valence-corrected chi connectivity index (χ4v) is 1.78. The molecular weight excluding hydrogens is 273 g/mol. The van der Waals surface area contributed by atoms with Gasteiger partial charge in [0.05, 0.1) is 6.61 Å². The summed E-state index contributed by atoms with van der Waals surface area (Å²) in [6.45, 7) is 0.285. The Balaban J connectivity index is 1.94. The van der Waals surface area contributed by atoms with Crippen molar-refractivity contribution in [1.82, 2.24) is 0 Å². The monoisotopic (exact) mass is 286 g/mol. The van der Waals surface area contributed by atoms with E-state index in [-0.39, 0.29) is 24.6 Å². The van der Waals surface area contributed by atoms with Crippen LogP contribution in [0.5, 0.6) is 0 Å². The van der Waals surface area contributed by atoms with Crippen molar-refractivity contribution in [3.8, 4) is 0 Å². The Morgan fingerprint density at radius 3 is 2.75 bits per heavy atom. The molecule has 20 heavy (non-hydrogen) atoms. The molecular formula is C14H13F3O3. The maximum atomic E-state index is 11.9. The molecule has 3 nitrogen and oxygen atoms in total. The van der Waals surface area contributed by atoms with Gasteiger partial charge in [-0.15, -0.1) is 0 Å². The van der Waals surface area contributed by atoms with Gasteiger partial charge in [0.25, 0.3) is 0 Å². The average molecular weight is 286 g/mol. The summed E-state index contributed by atoms with van der Waals surface area (Å²) >= 11 is 0. The molecule has 0 aliphatic rings. The molecule has 0 aliphatic carbocycles. The number of aryl methyl sites for hydroxylation is 1. The first kappa shape index (κ1) is 14.6. The SMILES string of the molecule is Cc1ccc2oc(C(=O)CCOCC(F)(F)F)cc2c1. The molecule has 1 heterocycles. The zero-order chi connectivity index (χ0) is 14.8. The van der Waals surface area contributed by atoms with Crippen molar-refractivity contribution in [1.29, 1.82) is 0 Å². The number of ether oxygens (including phenoxy) is 1. The first-order chi connectivity index (χ1) is 9.35. The molecule has 0 bridgehead atoms. The Bertz CT molecular complexity index is 614. The van der Waals surface area contributed by atoms with Crippen LogP contribution in [0.1, 0.15) is 22.5 Å². The quantitative estimate of drug-likeness (QED) is 0.618. The van der Waals surface area contributed by atoms with E-state index in [0.29, 0.717) is 5.58 Å². The van der Waals surface area contributed by atoms with Gasteiger partial charge in [-0.1, -0.05) is 11.6 Å². The number of Topliss-reactive ketones (excluding diaryl/α,β-unsaturated/α-hetero) is 1. The van der Waals surface area contributed by atoms with Gasteiger partial charge in [-0.3, -0.25) is 4.79 Å². The van der Waals surface area contributed by atoms with Crippen LogP contribution in [0.4, 0.5) is 13.2 Å². The maximum absolute atomic E-state index is 11.9. The molecule has 0 fully saturated rings. The van der Waals surface area contributed by atoms with E-state index in [2.05, 4.69) is 4.74 Å². The molecule has 0 saturated carbocycles. The van der Waals surface area contributed by atoms with Crippen molar-refractivity contribution in [2.45, 2.75) is 19.5 Å². The number of carbonyl (C=O) groups is 1. The Labute approximate surface area is 113 Å². The number of alkyl halides is 3. The van der Waals surface area contributed by atoms with Gasteiger partial charge in [0.2, 0.25) is 0 Å². The molecule has 108 valence electrons. The lowest BCUT2D eigenvalue weighted by molar-refractivity contribution is -0.173. The van der Waals surface area contributed by atoms with Gasteiger partial charge in [0, 0.05) is 11.8 Å². The number of ketones is 1.